The van der Waals surface area contributed by atoms with Gasteiger partial charge in [-0.25, -0.2) is 0 Å². The Morgan fingerprint density at radius 1 is 1.23 bits per heavy atom. The van der Waals surface area contributed by atoms with Crippen LogP contribution >= 0.6 is 46.0 Å². The number of hydrogen-bond donors (Lipinski definition) is 1. The topological polar surface area (TPSA) is 59.8 Å². The van der Waals surface area contributed by atoms with Gasteiger partial charge in [0.1, 0.15) is 5.82 Å². The Hall–Kier alpha value is -1.84. The fraction of sp³-hybridized carbons (Fsp3) is 0.261. The van der Waals surface area contributed by atoms with Crippen LogP contribution in [0.5, 0.6) is 0 Å². The highest BCUT2D eigenvalue weighted by Gasteiger charge is 2.13. The van der Waals surface area contributed by atoms with Gasteiger partial charge in [0, 0.05) is 39.4 Å². The molecule has 1 heterocycles. The molecule has 0 aliphatic carbocycles. The summed E-state index contributed by atoms with van der Waals surface area (Å²) < 4.78 is 3.30. The second-order valence-corrected chi connectivity index (χ2v) is 9.77. The molecule has 5 nitrogen and oxygen atoms in total. The van der Waals surface area contributed by atoms with Crippen molar-refractivity contribution in [2.24, 2.45) is 0 Å². The highest BCUT2D eigenvalue weighted by molar-refractivity contribution is 14.1. The molecule has 0 radical (unpaired) electrons. The number of carbonyl (C=O) groups is 1. The van der Waals surface area contributed by atoms with Crippen LogP contribution in [0, 0.1) is 10.5 Å². The van der Waals surface area contributed by atoms with Crippen molar-refractivity contribution >= 4 is 57.5 Å². The molecule has 1 amide bonds. The van der Waals surface area contributed by atoms with Gasteiger partial charge in [0.05, 0.1) is 0 Å². The van der Waals surface area contributed by atoms with Crippen molar-refractivity contribution in [2.75, 3.05) is 11.1 Å². The molecular formula is C23H24ClIN4OS. The smallest absolute Gasteiger partial charge is 0.225 e. The first-order chi connectivity index (χ1) is 15.0. The Morgan fingerprint density at radius 2 is 2.00 bits per heavy atom. The van der Waals surface area contributed by atoms with E-state index in [4.69, 9.17) is 11.6 Å². The van der Waals surface area contributed by atoms with E-state index in [1.54, 1.807) is 6.07 Å². The van der Waals surface area contributed by atoms with E-state index in [2.05, 4.69) is 73.5 Å². The Labute approximate surface area is 205 Å². The average molecular weight is 567 g/mol. The third kappa shape index (κ3) is 7.08. The molecule has 0 unspecified atom stereocenters. The molecule has 0 saturated heterocycles. The van der Waals surface area contributed by atoms with E-state index in [1.807, 2.05) is 25.1 Å². The van der Waals surface area contributed by atoms with Crippen LogP contribution in [0.2, 0.25) is 5.02 Å². The lowest BCUT2D eigenvalue weighted by molar-refractivity contribution is -0.115. The summed E-state index contributed by atoms with van der Waals surface area (Å²) in [5, 5.41) is 13.1. The van der Waals surface area contributed by atoms with Gasteiger partial charge in [-0.1, -0.05) is 47.6 Å². The van der Waals surface area contributed by atoms with E-state index in [0.717, 1.165) is 35.1 Å². The number of rotatable bonds is 10. The summed E-state index contributed by atoms with van der Waals surface area (Å²) in [7, 11) is 0. The average Bonchev–Trinajstić information content (AvgIpc) is 3.12. The Balaban J connectivity index is 1.55. The second-order valence-electron chi connectivity index (χ2n) is 7.03. The first-order valence-electron chi connectivity index (χ1n) is 9.92. The highest BCUT2D eigenvalue weighted by atomic mass is 127. The minimum Gasteiger partial charge on any atom is -0.326 e. The van der Waals surface area contributed by atoms with Crippen molar-refractivity contribution in [2.45, 2.75) is 37.9 Å². The third-order valence-electron chi connectivity index (χ3n) is 4.69. The standard InChI is InChI=1S/C23H24ClIN4OS/c1-3-13-29-21(11-7-17-5-9-19(25)10-6-17)27-28-23(29)31-14-12-22(30)26-20-15-18(24)8-4-16(20)2/h3-6,8-10,15H,1,7,11-14H2,2H3,(H,26,30). The lowest BCUT2D eigenvalue weighted by atomic mass is 10.1. The molecule has 1 N–H and O–H groups in total. The Morgan fingerprint density at radius 3 is 2.74 bits per heavy atom. The largest absolute Gasteiger partial charge is 0.326 e. The Bertz CT molecular complexity index is 1050. The fourth-order valence-corrected chi connectivity index (χ4v) is 4.44. The van der Waals surface area contributed by atoms with Gasteiger partial charge in [-0.3, -0.25) is 4.79 Å². The maximum atomic E-state index is 12.3. The lowest BCUT2D eigenvalue weighted by Gasteiger charge is -2.09. The second kappa shape index (κ2) is 11.7. The minimum absolute atomic E-state index is 0.0495. The molecule has 0 aliphatic rings. The fourth-order valence-electron chi connectivity index (χ4n) is 3.01. The third-order valence-corrected chi connectivity index (χ3v) is 6.61. The number of amides is 1. The van der Waals surface area contributed by atoms with E-state index in [9.17, 15) is 4.79 Å². The summed E-state index contributed by atoms with van der Waals surface area (Å²) in [5.41, 5.74) is 3.00. The summed E-state index contributed by atoms with van der Waals surface area (Å²) in [4.78, 5) is 12.3. The number of benzene rings is 2. The number of aromatic nitrogens is 3. The number of carbonyl (C=O) groups excluding carboxylic acids is 1. The predicted octanol–water partition coefficient (Wildman–Crippen LogP) is 5.94. The summed E-state index contributed by atoms with van der Waals surface area (Å²) in [6, 6.07) is 14.0. The van der Waals surface area contributed by atoms with Crippen molar-refractivity contribution in [1.29, 1.82) is 0 Å². The van der Waals surface area contributed by atoms with Gasteiger partial charge in [-0.05, 0) is 71.3 Å². The predicted molar refractivity (Wildman–Crippen MR) is 137 cm³/mol. The molecule has 0 fully saturated rings. The first kappa shape index (κ1) is 23.8. The molecule has 0 aliphatic heterocycles. The molecule has 3 rings (SSSR count). The number of nitrogens with one attached hydrogen (secondary N) is 1. The van der Waals surface area contributed by atoms with Crippen molar-refractivity contribution in [1.82, 2.24) is 14.8 Å². The van der Waals surface area contributed by atoms with Gasteiger partial charge in [-0.2, -0.15) is 0 Å². The van der Waals surface area contributed by atoms with Gasteiger partial charge in [-0.15, -0.1) is 16.8 Å². The molecule has 3 aromatic rings. The van der Waals surface area contributed by atoms with Gasteiger partial charge < -0.3 is 9.88 Å². The number of hydrogen-bond acceptors (Lipinski definition) is 4. The monoisotopic (exact) mass is 566 g/mol. The normalized spacial score (nSPS) is 10.8. The van der Waals surface area contributed by atoms with Crippen LogP contribution < -0.4 is 5.32 Å². The molecule has 2 aromatic carbocycles. The van der Waals surface area contributed by atoms with Crippen molar-refractivity contribution in [3.8, 4) is 0 Å². The molecule has 162 valence electrons. The van der Waals surface area contributed by atoms with Gasteiger partial charge >= 0.3 is 0 Å². The van der Waals surface area contributed by atoms with Gasteiger partial charge in [0.15, 0.2) is 5.16 Å². The van der Waals surface area contributed by atoms with Crippen molar-refractivity contribution in [3.05, 3.63) is 80.7 Å². The SMILES string of the molecule is C=CCn1c(CCc2ccc(I)cc2)nnc1SCCC(=O)Nc1cc(Cl)ccc1C. The summed E-state index contributed by atoms with van der Waals surface area (Å²) in [5.74, 6) is 1.49. The van der Waals surface area contributed by atoms with Crippen LogP contribution in [0.3, 0.4) is 0 Å². The zero-order valence-electron chi connectivity index (χ0n) is 17.3. The lowest BCUT2D eigenvalue weighted by Crippen LogP contribution is -2.13. The highest BCUT2D eigenvalue weighted by Crippen LogP contribution is 2.22. The van der Waals surface area contributed by atoms with E-state index in [1.165, 1.54) is 20.9 Å². The summed E-state index contributed by atoms with van der Waals surface area (Å²) in [6.07, 6.45) is 3.92. The zero-order valence-corrected chi connectivity index (χ0v) is 21.0. The zero-order chi connectivity index (χ0) is 22.2. The molecule has 31 heavy (non-hydrogen) atoms. The molecule has 0 atom stereocenters. The van der Waals surface area contributed by atoms with Crippen LogP contribution in [0.4, 0.5) is 5.69 Å². The van der Waals surface area contributed by atoms with Crippen LogP contribution in [0.15, 0.2) is 60.3 Å². The number of aryl methyl sites for hydroxylation is 3. The Kier molecular flexibility index (Phi) is 8.98. The summed E-state index contributed by atoms with van der Waals surface area (Å²) in [6.45, 7) is 6.44. The van der Waals surface area contributed by atoms with Crippen LogP contribution in [0.1, 0.15) is 23.4 Å². The van der Waals surface area contributed by atoms with Crippen molar-refractivity contribution in [3.63, 3.8) is 0 Å². The molecule has 0 saturated carbocycles. The molecular weight excluding hydrogens is 543 g/mol. The van der Waals surface area contributed by atoms with E-state index >= 15 is 0 Å². The number of thioether (sulfide) groups is 1. The molecule has 0 bridgehead atoms. The van der Waals surface area contributed by atoms with E-state index in [-0.39, 0.29) is 5.91 Å². The molecule has 8 heteroatoms. The van der Waals surface area contributed by atoms with E-state index in [0.29, 0.717) is 23.7 Å². The number of nitrogens with zero attached hydrogens (tertiary/aromatic N) is 3. The number of allylic oxidation sites excluding steroid dienone is 1. The summed E-state index contributed by atoms with van der Waals surface area (Å²) >= 11 is 9.86. The van der Waals surface area contributed by atoms with Crippen LogP contribution in [-0.4, -0.2) is 26.4 Å². The van der Waals surface area contributed by atoms with Crippen molar-refractivity contribution < 1.29 is 4.79 Å². The first-order valence-corrected chi connectivity index (χ1v) is 12.4. The van der Waals surface area contributed by atoms with Crippen LogP contribution in [0.25, 0.3) is 0 Å². The van der Waals surface area contributed by atoms with Gasteiger partial charge in [0.25, 0.3) is 0 Å². The quantitative estimate of drug-likeness (QED) is 0.188. The molecule has 0 spiro atoms. The number of halogens is 2. The maximum absolute atomic E-state index is 12.3. The maximum Gasteiger partial charge on any atom is 0.225 e. The minimum atomic E-state index is -0.0495. The molecule has 1 aromatic heterocycles. The van der Waals surface area contributed by atoms with Gasteiger partial charge in [0.2, 0.25) is 5.91 Å². The number of anilines is 1. The van der Waals surface area contributed by atoms with E-state index < -0.39 is 0 Å². The van der Waals surface area contributed by atoms with Crippen LogP contribution in [-0.2, 0) is 24.2 Å².